The zero-order valence-electron chi connectivity index (χ0n) is 21.0. The molecule has 2 heterocycles. The van der Waals surface area contributed by atoms with Crippen molar-refractivity contribution in [1.29, 1.82) is 0 Å². The summed E-state index contributed by atoms with van der Waals surface area (Å²) >= 11 is 0. The van der Waals surface area contributed by atoms with Gasteiger partial charge in [-0.15, -0.1) is 0 Å². The molecule has 2 saturated heterocycles. The standard InChI is InChI=1S/C29H38O5/c1-19-11-14-24-28(4,16-15-25-29(24,5)18-32-27(2,3)34-25)22(19)13-12-21-23(17-31-26(21)30)33-20-9-7-6-8-10-20/h6-10,12,22-25H,1,11,13-18H2,2-5H3/b21-12+/t22?,23-,24+,25?,28+,29+/m1/s1. The highest BCUT2D eigenvalue weighted by molar-refractivity contribution is 5.91. The number of ether oxygens (including phenoxy) is 4. The molecule has 2 aliphatic carbocycles. The fraction of sp³-hybridized carbons (Fsp3) is 0.621. The predicted octanol–water partition coefficient (Wildman–Crippen LogP) is 5.85. The molecule has 4 fully saturated rings. The molecule has 1 aromatic carbocycles. The molecule has 5 nitrogen and oxygen atoms in total. The van der Waals surface area contributed by atoms with Gasteiger partial charge < -0.3 is 18.9 Å². The van der Waals surface area contributed by atoms with Crippen LogP contribution < -0.4 is 4.74 Å². The number of carbonyl (C=O) groups is 1. The largest absolute Gasteiger partial charge is 0.482 e. The van der Waals surface area contributed by atoms with Crippen LogP contribution in [-0.2, 0) is 19.0 Å². The number of cyclic esters (lactones) is 1. The van der Waals surface area contributed by atoms with Gasteiger partial charge in [0.1, 0.15) is 12.4 Å². The molecule has 5 heteroatoms. The molecule has 0 radical (unpaired) electrons. The maximum absolute atomic E-state index is 12.6. The van der Waals surface area contributed by atoms with Gasteiger partial charge in [0.05, 0.1) is 18.3 Å². The Labute approximate surface area is 203 Å². The van der Waals surface area contributed by atoms with Crippen molar-refractivity contribution in [2.45, 2.75) is 77.8 Å². The Morgan fingerprint density at radius 2 is 1.88 bits per heavy atom. The zero-order chi connectivity index (χ0) is 24.1. The predicted molar refractivity (Wildman–Crippen MR) is 130 cm³/mol. The highest BCUT2D eigenvalue weighted by atomic mass is 16.7. The minimum atomic E-state index is -0.517. The molecule has 4 aliphatic rings. The second kappa shape index (κ2) is 8.53. The van der Waals surface area contributed by atoms with Crippen LogP contribution >= 0.6 is 0 Å². The number of hydrogen-bond acceptors (Lipinski definition) is 5. The first kappa shape index (κ1) is 23.6. The number of fused-ring (bicyclic) bond motifs is 3. The van der Waals surface area contributed by atoms with Gasteiger partial charge in [0.25, 0.3) is 0 Å². The quantitative estimate of drug-likeness (QED) is 0.317. The van der Waals surface area contributed by atoms with E-state index in [0.29, 0.717) is 17.4 Å². The molecule has 0 N–H and O–H groups in total. The van der Waals surface area contributed by atoms with E-state index in [1.165, 1.54) is 5.57 Å². The van der Waals surface area contributed by atoms with E-state index in [1.54, 1.807) is 0 Å². The highest BCUT2D eigenvalue weighted by Crippen LogP contribution is 2.63. The van der Waals surface area contributed by atoms with Crippen molar-refractivity contribution in [3.05, 3.63) is 54.1 Å². The summed E-state index contributed by atoms with van der Waals surface area (Å²) in [4.78, 5) is 12.6. The van der Waals surface area contributed by atoms with Gasteiger partial charge in [-0.3, -0.25) is 0 Å². The third kappa shape index (κ3) is 4.01. The van der Waals surface area contributed by atoms with Crippen LogP contribution in [0.15, 0.2) is 54.1 Å². The van der Waals surface area contributed by atoms with E-state index < -0.39 is 5.79 Å². The second-order valence-corrected chi connectivity index (χ2v) is 11.6. The van der Waals surface area contributed by atoms with E-state index in [2.05, 4.69) is 26.5 Å². The molecule has 0 aromatic heterocycles. The van der Waals surface area contributed by atoms with Gasteiger partial charge in [0.2, 0.25) is 0 Å². The minimum absolute atomic E-state index is 0.0140. The monoisotopic (exact) mass is 466 g/mol. The third-order valence-electron chi connectivity index (χ3n) is 9.02. The zero-order valence-corrected chi connectivity index (χ0v) is 21.0. The summed E-state index contributed by atoms with van der Waals surface area (Å²) in [6.07, 6.45) is 6.93. The van der Waals surface area contributed by atoms with Crippen molar-refractivity contribution < 1.29 is 23.7 Å². The molecular formula is C29H38O5. The van der Waals surface area contributed by atoms with E-state index in [1.807, 2.05) is 44.2 Å². The Morgan fingerprint density at radius 3 is 2.65 bits per heavy atom. The van der Waals surface area contributed by atoms with E-state index in [4.69, 9.17) is 18.9 Å². The van der Waals surface area contributed by atoms with E-state index in [9.17, 15) is 4.79 Å². The summed E-state index contributed by atoms with van der Waals surface area (Å²) in [5, 5.41) is 0. The first-order valence-electron chi connectivity index (χ1n) is 12.7. The lowest BCUT2D eigenvalue weighted by molar-refractivity contribution is -0.344. The van der Waals surface area contributed by atoms with Crippen LogP contribution in [-0.4, -0.2) is 37.2 Å². The lowest BCUT2D eigenvalue weighted by Crippen LogP contribution is -2.62. The molecule has 34 heavy (non-hydrogen) atoms. The van der Waals surface area contributed by atoms with Crippen molar-refractivity contribution in [2.75, 3.05) is 13.2 Å². The second-order valence-electron chi connectivity index (χ2n) is 11.6. The Kier molecular flexibility index (Phi) is 5.92. The van der Waals surface area contributed by atoms with Crippen LogP contribution in [0.4, 0.5) is 0 Å². The smallest absolute Gasteiger partial charge is 0.337 e. The maximum Gasteiger partial charge on any atom is 0.337 e. The topological polar surface area (TPSA) is 54.0 Å². The Bertz CT molecular complexity index is 981. The van der Waals surface area contributed by atoms with Gasteiger partial charge in [-0.1, -0.05) is 50.3 Å². The van der Waals surface area contributed by atoms with E-state index in [0.717, 1.165) is 44.5 Å². The summed E-state index contributed by atoms with van der Waals surface area (Å²) in [6, 6.07) is 9.62. The molecule has 2 aliphatic heterocycles. The fourth-order valence-corrected chi connectivity index (χ4v) is 7.18. The van der Waals surface area contributed by atoms with Crippen molar-refractivity contribution in [1.82, 2.24) is 0 Å². The summed E-state index contributed by atoms with van der Waals surface area (Å²) in [6.45, 7) is 14.3. The molecule has 6 atom stereocenters. The highest BCUT2D eigenvalue weighted by Gasteiger charge is 2.60. The van der Waals surface area contributed by atoms with E-state index >= 15 is 0 Å². The summed E-state index contributed by atoms with van der Waals surface area (Å²) in [5.41, 5.74) is 2.00. The molecule has 2 unspecified atom stereocenters. The lowest BCUT2D eigenvalue weighted by Gasteiger charge is -2.63. The molecule has 0 spiro atoms. The molecular weight excluding hydrogens is 428 g/mol. The number of carbonyl (C=O) groups excluding carboxylic acids is 1. The van der Waals surface area contributed by atoms with Crippen molar-refractivity contribution in [2.24, 2.45) is 22.7 Å². The van der Waals surface area contributed by atoms with Crippen molar-refractivity contribution in [3.8, 4) is 5.75 Å². The molecule has 0 bridgehead atoms. The summed E-state index contributed by atoms with van der Waals surface area (Å²) < 4.78 is 24.1. The van der Waals surface area contributed by atoms with Crippen LogP contribution in [0.25, 0.3) is 0 Å². The van der Waals surface area contributed by atoms with Crippen LogP contribution in [0.1, 0.15) is 59.8 Å². The summed E-state index contributed by atoms with van der Waals surface area (Å²) in [7, 11) is 0. The van der Waals surface area contributed by atoms with Crippen LogP contribution in [0.2, 0.25) is 0 Å². The molecule has 2 saturated carbocycles. The number of esters is 1. The Morgan fingerprint density at radius 1 is 1.12 bits per heavy atom. The normalized spacial score (nSPS) is 40.4. The van der Waals surface area contributed by atoms with Gasteiger partial charge in [0.15, 0.2) is 11.9 Å². The SMILES string of the molecule is C=C1CC[C@H]2[C@@](C)(CCC3OC(C)(C)OC[C@]32C)C1C/C=C1/C(=O)OC[C@H]1Oc1ccccc1. The Balaban J connectivity index is 1.37. The number of allylic oxidation sites excluding steroid dienone is 2. The number of hydrogen-bond donors (Lipinski definition) is 0. The fourth-order valence-electron chi connectivity index (χ4n) is 7.18. The third-order valence-corrected chi connectivity index (χ3v) is 9.02. The van der Waals surface area contributed by atoms with Gasteiger partial charge in [-0.2, -0.15) is 0 Å². The van der Waals surface area contributed by atoms with Crippen molar-refractivity contribution >= 4 is 5.97 Å². The molecule has 5 rings (SSSR count). The Hall–Kier alpha value is -2.11. The number of para-hydroxylation sites is 1. The molecule has 184 valence electrons. The van der Waals surface area contributed by atoms with Gasteiger partial charge in [0, 0.05) is 5.41 Å². The van der Waals surface area contributed by atoms with Gasteiger partial charge in [-0.05, 0) is 75.3 Å². The number of benzene rings is 1. The molecule has 1 aromatic rings. The first-order chi connectivity index (χ1) is 16.1. The number of rotatable bonds is 4. The first-order valence-corrected chi connectivity index (χ1v) is 12.7. The van der Waals surface area contributed by atoms with E-state index in [-0.39, 0.29) is 35.6 Å². The maximum atomic E-state index is 12.6. The van der Waals surface area contributed by atoms with Crippen LogP contribution in [0.5, 0.6) is 5.75 Å². The van der Waals surface area contributed by atoms with Crippen LogP contribution in [0, 0.1) is 22.7 Å². The summed E-state index contributed by atoms with van der Waals surface area (Å²) in [5.74, 6) is 0.748. The average Bonchev–Trinajstić information content (AvgIpc) is 3.13. The average molecular weight is 467 g/mol. The van der Waals surface area contributed by atoms with Gasteiger partial charge in [-0.25, -0.2) is 4.79 Å². The van der Waals surface area contributed by atoms with Crippen molar-refractivity contribution in [3.63, 3.8) is 0 Å². The van der Waals surface area contributed by atoms with Crippen LogP contribution in [0.3, 0.4) is 0 Å². The van der Waals surface area contributed by atoms with Gasteiger partial charge >= 0.3 is 5.97 Å². The minimum Gasteiger partial charge on any atom is -0.482 e. The molecule has 0 amide bonds. The lowest BCUT2D eigenvalue weighted by atomic mass is 9.46.